The van der Waals surface area contributed by atoms with Crippen LogP contribution in [-0.4, -0.2) is 42.6 Å². The topological polar surface area (TPSA) is 114 Å². The predicted molar refractivity (Wildman–Crippen MR) is 101 cm³/mol. The lowest BCUT2D eigenvalue weighted by atomic mass is 10.1. The molecule has 1 aliphatic heterocycles. The van der Waals surface area contributed by atoms with Crippen LogP contribution in [0.25, 0.3) is 0 Å². The summed E-state index contributed by atoms with van der Waals surface area (Å²) in [4.78, 5) is 35.7. The number of nitrogens with zero attached hydrogens (tertiary/aromatic N) is 1. The highest BCUT2D eigenvalue weighted by molar-refractivity contribution is 6.02. The number of hydrogen-bond acceptors (Lipinski definition) is 8. The van der Waals surface area contributed by atoms with Gasteiger partial charge in [0, 0.05) is 11.6 Å². The van der Waals surface area contributed by atoms with E-state index in [2.05, 4.69) is 0 Å². The Hall–Kier alpha value is -3.62. The Morgan fingerprint density at radius 2 is 1.76 bits per heavy atom. The standard InChI is InChI=1S/C20H19NO8/c1-3-26-14-6-4-13(5-7-14)19(22)12(2)29-20(23)15-10-17-18(28-9-8-27-17)11-16(15)21(24)25/h4-7,10-12H,3,8-9H2,1-2H3/t12-/m1/s1. The third-order valence-corrected chi connectivity index (χ3v) is 4.18. The average molecular weight is 401 g/mol. The number of carbonyl (C=O) groups is 2. The number of carbonyl (C=O) groups excluding carboxylic acids is 2. The van der Waals surface area contributed by atoms with Gasteiger partial charge < -0.3 is 18.9 Å². The molecule has 0 aromatic heterocycles. The van der Waals surface area contributed by atoms with Crippen LogP contribution in [0.5, 0.6) is 17.2 Å². The van der Waals surface area contributed by atoms with Crippen molar-refractivity contribution in [2.75, 3.05) is 19.8 Å². The molecule has 0 amide bonds. The van der Waals surface area contributed by atoms with E-state index in [-0.39, 0.29) is 30.3 Å². The van der Waals surface area contributed by atoms with Crippen molar-refractivity contribution in [1.82, 2.24) is 0 Å². The molecule has 3 rings (SSSR count). The molecule has 0 N–H and O–H groups in total. The number of nitro groups is 1. The lowest BCUT2D eigenvalue weighted by Gasteiger charge is -2.19. The van der Waals surface area contributed by atoms with Crippen molar-refractivity contribution in [1.29, 1.82) is 0 Å². The average Bonchev–Trinajstić information content (AvgIpc) is 2.72. The van der Waals surface area contributed by atoms with Crippen LogP contribution in [0.1, 0.15) is 34.6 Å². The number of benzene rings is 2. The fourth-order valence-electron chi connectivity index (χ4n) is 2.79. The first kappa shape index (κ1) is 20.1. The molecule has 0 unspecified atom stereocenters. The number of rotatable bonds is 7. The van der Waals surface area contributed by atoms with E-state index in [0.29, 0.717) is 17.9 Å². The van der Waals surface area contributed by atoms with E-state index in [9.17, 15) is 19.7 Å². The van der Waals surface area contributed by atoms with Crippen molar-refractivity contribution in [3.8, 4) is 17.2 Å². The summed E-state index contributed by atoms with van der Waals surface area (Å²) in [5.41, 5.74) is -0.476. The molecule has 9 nitrogen and oxygen atoms in total. The summed E-state index contributed by atoms with van der Waals surface area (Å²) in [6.07, 6.45) is -1.15. The largest absolute Gasteiger partial charge is 0.494 e. The van der Waals surface area contributed by atoms with E-state index >= 15 is 0 Å². The Morgan fingerprint density at radius 3 is 2.34 bits per heavy atom. The van der Waals surface area contributed by atoms with E-state index in [0.717, 1.165) is 6.07 Å². The van der Waals surface area contributed by atoms with Crippen LogP contribution < -0.4 is 14.2 Å². The van der Waals surface area contributed by atoms with Gasteiger partial charge in [0.1, 0.15) is 24.5 Å². The van der Waals surface area contributed by atoms with Gasteiger partial charge >= 0.3 is 5.97 Å². The molecule has 0 bridgehead atoms. The second-order valence-electron chi connectivity index (χ2n) is 6.14. The predicted octanol–water partition coefficient (Wildman–Crippen LogP) is 3.19. The number of Topliss-reactive ketones (excluding diaryl/α,β-unsaturated/α-hetero) is 1. The zero-order valence-electron chi connectivity index (χ0n) is 15.9. The number of ketones is 1. The maximum atomic E-state index is 12.5. The first-order valence-corrected chi connectivity index (χ1v) is 8.96. The first-order valence-electron chi connectivity index (χ1n) is 8.96. The Labute approximate surface area is 166 Å². The van der Waals surface area contributed by atoms with E-state index in [1.54, 1.807) is 24.3 Å². The number of hydrogen-bond donors (Lipinski definition) is 0. The van der Waals surface area contributed by atoms with Crippen molar-refractivity contribution in [2.45, 2.75) is 20.0 Å². The minimum absolute atomic E-state index is 0.179. The van der Waals surface area contributed by atoms with Crippen LogP contribution in [0.4, 0.5) is 5.69 Å². The molecule has 1 aliphatic rings. The highest BCUT2D eigenvalue weighted by Crippen LogP contribution is 2.37. The maximum absolute atomic E-state index is 12.5. The van der Waals surface area contributed by atoms with Crippen molar-refractivity contribution < 1.29 is 33.5 Å². The molecular formula is C20H19NO8. The molecular weight excluding hydrogens is 382 g/mol. The molecule has 0 saturated heterocycles. The summed E-state index contributed by atoms with van der Waals surface area (Å²) in [6, 6.07) is 8.70. The van der Waals surface area contributed by atoms with Gasteiger partial charge in [-0.2, -0.15) is 0 Å². The zero-order valence-corrected chi connectivity index (χ0v) is 15.9. The van der Waals surface area contributed by atoms with Crippen LogP contribution >= 0.6 is 0 Å². The summed E-state index contributed by atoms with van der Waals surface area (Å²) in [6.45, 7) is 4.25. The summed E-state index contributed by atoms with van der Waals surface area (Å²) < 4.78 is 21.2. The van der Waals surface area contributed by atoms with Crippen LogP contribution in [0, 0.1) is 10.1 Å². The fourth-order valence-corrected chi connectivity index (χ4v) is 2.79. The van der Waals surface area contributed by atoms with Gasteiger partial charge in [-0.15, -0.1) is 0 Å². The first-order chi connectivity index (χ1) is 13.9. The lowest BCUT2D eigenvalue weighted by Crippen LogP contribution is -2.25. The van der Waals surface area contributed by atoms with E-state index < -0.39 is 28.5 Å². The monoisotopic (exact) mass is 401 g/mol. The fraction of sp³-hybridized carbons (Fsp3) is 0.300. The van der Waals surface area contributed by atoms with Gasteiger partial charge in [0.25, 0.3) is 5.69 Å². The van der Waals surface area contributed by atoms with Crippen LogP contribution in [0.3, 0.4) is 0 Å². The molecule has 0 aliphatic carbocycles. The smallest absolute Gasteiger partial charge is 0.346 e. The van der Waals surface area contributed by atoms with Gasteiger partial charge in [0.2, 0.25) is 5.78 Å². The molecule has 2 aromatic carbocycles. The van der Waals surface area contributed by atoms with E-state index in [4.69, 9.17) is 18.9 Å². The Morgan fingerprint density at radius 1 is 1.14 bits per heavy atom. The minimum Gasteiger partial charge on any atom is -0.494 e. The van der Waals surface area contributed by atoms with Gasteiger partial charge in [0.15, 0.2) is 17.6 Å². The SMILES string of the molecule is CCOc1ccc(C(=O)[C@@H](C)OC(=O)c2cc3c(cc2[N+](=O)[O-])OCCO3)cc1. The quantitative estimate of drug-likeness (QED) is 0.301. The molecule has 9 heteroatoms. The van der Waals surface area contributed by atoms with Gasteiger partial charge in [-0.1, -0.05) is 0 Å². The van der Waals surface area contributed by atoms with Crippen molar-refractivity contribution in [2.24, 2.45) is 0 Å². The Bertz CT molecular complexity index is 938. The molecule has 29 heavy (non-hydrogen) atoms. The minimum atomic E-state index is -1.15. The molecule has 0 saturated carbocycles. The third-order valence-electron chi connectivity index (χ3n) is 4.18. The molecule has 1 heterocycles. The Balaban J connectivity index is 1.78. The molecule has 152 valence electrons. The molecule has 0 radical (unpaired) electrons. The number of fused-ring (bicyclic) bond motifs is 1. The van der Waals surface area contributed by atoms with Crippen molar-refractivity contribution in [3.63, 3.8) is 0 Å². The number of ether oxygens (including phenoxy) is 4. The maximum Gasteiger partial charge on any atom is 0.346 e. The highest BCUT2D eigenvalue weighted by atomic mass is 16.6. The number of esters is 1. The van der Waals surface area contributed by atoms with Gasteiger partial charge in [-0.3, -0.25) is 14.9 Å². The molecule has 1 atom stereocenters. The molecule has 2 aromatic rings. The van der Waals surface area contributed by atoms with Crippen molar-refractivity contribution >= 4 is 17.4 Å². The van der Waals surface area contributed by atoms with Crippen LogP contribution in [-0.2, 0) is 4.74 Å². The third kappa shape index (κ3) is 4.45. The summed E-state index contributed by atoms with van der Waals surface area (Å²) >= 11 is 0. The summed E-state index contributed by atoms with van der Waals surface area (Å²) in [7, 11) is 0. The summed E-state index contributed by atoms with van der Waals surface area (Å²) in [5, 5.41) is 11.4. The molecule has 0 fully saturated rings. The second-order valence-corrected chi connectivity index (χ2v) is 6.14. The van der Waals surface area contributed by atoms with Gasteiger partial charge in [0.05, 0.1) is 17.6 Å². The van der Waals surface area contributed by atoms with E-state index in [1.165, 1.54) is 13.0 Å². The van der Waals surface area contributed by atoms with Crippen molar-refractivity contribution in [3.05, 3.63) is 57.6 Å². The van der Waals surface area contributed by atoms with Gasteiger partial charge in [-0.25, -0.2) is 4.79 Å². The van der Waals surface area contributed by atoms with Gasteiger partial charge in [-0.05, 0) is 38.1 Å². The lowest BCUT2D eigenvalue weighted by molar-refractivity contribution is -0.385. The summed E-state index contributed by atoms with van der Waals surface area (Å²) in [5.74, 6) is -0.444. The second kappa shape index (κ2) is 8.59. The van der Waals surface area contributed by atoms with E-state index in [1.807, 2.05) is 6.92 Å². The Kier molecular flexibility index (Phi) is 5.96. The molecule has 0 spiro atoms. The normalized spacial score (nSPS) is 13.3. The highest BCUT2D eigenvalue weighted by Gasteiger charge is 2.29. The van der Waals surface area contributed by atoms with Crippen LogP contribution in [0.15, 0.2) is 36.4 Å². The zero-order chi connectivity index (χ0) is 21.0. The van der Waals surface area contributed by atoms with Crippen LogP contribution in [0.2, 0.25) is 0 Å². The number of nitro benzene ring substituents is 1.